The molecular weight excluding hydrogens is 152 g/mol. The number of hydrogen-bond donors (Lipinski definition) is 1. The smallest absolute Gasteiger partial charge is 0.257 e. The topological polar surface area (TPSA) is 43.4 Å². The fraction of sp³-hybridized carbons (Fsp3) is 1.00. The molecule has 0 bridgehead atoms. The van der Waals surface area contributed by atoms with E-state index in [1.807, 2.05) is 0 Å². The van der Waals surface area contributed by atoms with Gasteiger partial charge in [0.05, 0.1) is 6.10 Å². The minimum Gasteiger partial charge on any atom is -0.269 e. The molecule has 1 rings (SSSR count). The van der Waals surface area contributed by atoms with Crippen LogP contribution < -0.4 is 0 Å². The summed E-state index contributed by atoms with van der Waals surface area (Å²) < 4.78 is 24.8. The second-order valence-corrected chi connectivity index (χ2v) is 3.25. The zero-order valence-corrected chi connectivity index (χ0v) is 6.68. The Hall–Kier alpha value is -0.0900. The van der Waals surface area contributed by atoms with Crippen LogP contribution in [0.25, 0.3) is 0 Å². The molecule has 1 fully saturated rings. The lowest BCUT2D eigenvalue weighted by Crippen LogP contribution is -2.15. The number of rotatable bonds is 2. The van der Waals surface area contributed by atoms with Crippen molar-refractivity contribution in [3.63, 3.8) is 0 Å². The Morgan fingerprint density at radius 3 is 2.20 bits per heavy atom. The van der Waals surface area contributed by atoms with Crippen molar-refractivity contribution in [1.82, 2.24) is 0 Å². The van der Waals surface area contributed by atoms with Crippen LogP contribution >= 0.6 is 0 Å². The van der Waals surface area contributed by atoms with Gasteiger partial charge in [-0.3, -0.25) is 4.18 Å². The van der Waals surface area contributed by atoms with Crippen LogP contribution in [0.1, 0.15) is 32.1 Å². The van der Waals surface area contributed by atoms with Crippen molar-refractivity contribution >= 4 is 11.0 Å². The van der Waals surface area contributed by atoms with Crippen molar-refractivity contribution < 1.29 is 12.6 Å². The Kier molecular flexibility index (Phi) is 3.15. The molecule has 0 spiro atoms. The fourth-order valence-electron chi connectivity index (χ4n) is 1.29. The van der Waals surface area contributed by atoms with Gasteiger partial charge in [-0.1, -0.05) is 19.3 Å². The van der Waals surface area contributed by atoms with E-state index in [1.165, 1.54) is 6.42 Å². The van der Waals surface area contributed by atoms with E-state index in [0.717, 1.165) is 25.7 Å². The van der Waals surface area contributed by atoms with Gasteiger partial charge in [0, 0.05) is 0 Å². The molecule has 1 saturated carbocycles. The maximum absolute atomic E-state index is 10.1. The third kappa shape index (κ3) is 2.66. The van der Waals surface area contributed by atoms with E-state index in [2.05, 4.69) is 4.18 Å². The van der Waals surface area contributed by atoms with Crippen molar-refractivity contribution in [2.75, 3.05) is 0 Å². The first kappa shape index (κ1) is 8.01. The second-order valence-electron chi connectivity index (χ2n) is 2.59. The van der Waals surface area contributed by atoms with Gasteiger partial charge in [-0.05, 0) is 12.8 Å². The Balaban J connectivity index is 2.26. The van der Waals surface area contributed by atoms with Crippen molar-refractivity contribution in [2.24, 2.45) is 0 Å². The molecule has 0 radical (unpaired) electrons. The highest BCUT2D eigenvalue weighted by atomic mass is 32.2. The SMILES string of the molecule is O=[SH](=O)OC1CCCCC1. The first-order chi connectivity index (χ1) is 4.79. The van der Waals surface area contributed by atoms with E-state index >= 15 is 0 Å². The largest absolute Gasteiger partial charge is 0.269 e. The molecule has 3 nitrogen and oxygen atoms in total. The predicted octanol–water partition coefficient (Wildman–Crippen LogP) is 0.862. The zero-order valence-electron chi connectivity index (χ0n) is 5.78. The molecule has 0 aromatic rings. The minimum atomic E-state index is -2.62. The first-order valence-corrected chi connectivity index (χ1v) is 4.70. The molecule has 0 N–H and O–H groups in total. The summed E-state index contributed by atoms with van der Waals surface area (Å²) >= 11 is 0. The molecule has 0 aliphatic heterocycles. The third-order valence-electron chi connectivity index (χ3n) is 1.79. The quantitative estimate of drug-likeness (QED) is 0.616. The van der Waals surface area contributed by atoms with Gasteiger partial charge in [0.15, 0.2) is 0 Å². The van der Waals surface area contributed by atoms with Crippen molar-refractivity contribution in [1.29, 1.82) is 0 Å². The fourth-order valence-corrected chi connectivity index (χ4v) is 1.75. The van der Waals surface area contributed by atoms with Crippen LogP contribution in [0.3, 0.4) is 0 Å². The van der Waals surface area contributed by atoms with Gasteiger partial charge >= 0.3 is 0 Å². The maximum atomic E-state index is 10.1. The molecule has 0 atom stereocenters. The average molecular weight is 164 g/mol. The Bertz CT molecular complexity index is 150. The van der Waals surface area contributed by atoms with Crippen LogP contribution in [0.2, 0.25) is 0 Å². The summed E-state index contributed by atoms with van der Waals surface area (Å²) in [4.78, 5) is 0. The highest BCUT2D eigenvalue weighted by Crippen LogP contribution is 2.19. The Morgan fingerprint density at radius 1 is 1.10 bits per heavy atom. The highest BCUT2D eigenvalue weighted by molar-refractivity contribution is 7.67. The molecule has 0 amide bonds. The summed E-state index contributed by atoms with van der Waals surface area (Å²) in [5, 5.41) is 0. The van der Waals surface area contributed by atoms with Crippen LogP contribution in [0.5, 0.6) is 0 Å². The molecule has 0 aromatic heterocycles. The highest BCUT2D eigenvalue weighted by Gasteiger charge is 2.13. The lowest BCUT2D eigenvalue weighted by molar-refractivity contribution is 0.169. The molecule has 4 heteroatoms. The molecule has 0 heterocycles. The first-order valence-electron chi connectivity index (χ1n) is 3.60. The Labute approximate surface area is 62.5 Å². The molecule has 0 unspecified atom stereocenters. The summed E-state index contributed by atoms with van der Waals surface area (Å²) in [6, 6.07) is 0. The Morgan fingerprint density at radius 2 is 1.70 bits per heavy atom. The molecule has 10 heavy (non-hydrogen) atoms. The summed E-state index contributed by atoms with van der Waals surface area (Å²) in [6.45, 7) is 0. The predicted molar refractivity (Wildman–Crippen MR) is 38.3 cm³/mol. The van der Waals surface area contributed by atoms with Crippen molar-refractivity contribution in [2.45, 2.75) is 38.2 Å². The van der Waals surface area contributed by atoms with Crippen LogP contribution in [-0.2, 0) is 15.2 Å². The number of hydrogen-bond acceptors (Lipinski definition) is 3. The standard InChI is InChI=1S/C6H12O3S/c7-10(8)9-6-4-2-1-3-5-6/h6,10H,1-5H2. The minimum absolute atomic E-state index is 0.0186. The van der Waals surface area contributed by atoms with Gasteiger partial charge in [0.2, 0.25) is 0 Å². The van der Waals surface area contributed by atoms with Gasteiger partial charge in [0.25, 0.3) is 11.0 Å². The zero-order chi connectivity index (χ0) is 7.40. The lowest BCUT2D eigenvalue weighted by atomic mass is 9.98. The third-order valence-corrected chi connectivity index (χ3v) is 2.26. The van der Waals surface area contributed by atoms with E-state index in [1.54, 1.807) is 0 Å². The molecule has 0 aromatic carbocycles. The van der Waals surface area contributed by atoms with Crippen molar-refractivity contribution in [3.8, 4) is 0 Å². The van der Waals surface area contributed by atoms with Gasteiger partial charge < -0.3 is 0 Å². The average Bonchev–Trinajstić information content (AvgIpc) is 1.88. The van der Waals surface area contributed by atoms with Gasteiger partial charge in [-0.15, -0.1) is 0 Å². The van der Waals surface area contributed by atoms with E-state index in [0.29, 0.717) is 0 Å². The van der Waals surface area contributed by atoms with Gasteiger partial charge in [-0.2, -0.15) is 0 Å². The summed E-state index contributed by atoms with van der Waals surface area (Å²) in [5.41, 5.74) is 0. The van der Waals surface area contributed by atoms with E-state index < -0.39 is 11.0 Å². The van der Waals surface area contributed by atoms with Crippen LogP contribution in [0.4, 0.5) is 0 Å². The van der Waals surface area contributed by atoms with E-state index in [-0.39, 0.29) is 6.10 Å². The molecule has 1 aliphatic carbocycles. The van der Waals surface area contributed by atoms with E-state index in [4.69, 9.17) is 0 Å². The van der Waals surface area contributed by atoms with Crippen LogP contribution in [0, 0.1) is 0 Å². The summed E-state index contributed by atoms with van der Waals surface area (Å²) in [5.74, 6) is 0. The molecule has 60 valence electrons. The monoisotopic (exact) mass is 164 g/mol. The second kappa shape index (κ2) is 3.93. The van der Waals surface area contributed by atoms with E-state index in [9.17, 15) is 8.42 Å². The lowest BCUT2D eigenvalue weighted by Gasteiger charge is -2.17. The van der Waals surface area contributed by atoms with Crippen molar-refractivity contribution in [3.05, 3.63) is 0 Å². The van der Waals surface area contributed by atoms with Gasteiger partial charge in [0.1, 0.15) is 0 Å². The maximum Gasteiger partial charge on any atom is 0.257 e. The molecular formula is C6H12O3S. The summed E-state index contributed by atoms with van der Waals surface area (Å²) in [7, 11) is -2.62. The number of thiol groups is 1. The van der Waals surface area contributed by atoms with Crippen LogP contribution in [-0.4, -0.2) is 14.5 Å². The molecule has 0 saturated heterocycles. The van der Waals surface area contributed by atoms with Crippen LogP contribution in [0.15, 0.2) is 0 Å². The van der Waals surface area contributed by atoms with Gasteiger partial charge in [-0.25, -0.2) is 8.42 Å². The molecule has 1 aliphatic rings. The normalized spacial score (nSPS) is 21.7. The summed E-state index contributed by atoms with van der Waals surface area (Å²) in [6.07, 6.45) is 5.22.